The molecule has 4 nitrogen and oxygen atoms in total. The molecule has 108 valence electrons. The second kappa shape index (κ2) is 6.73. The van der Waals surface area contributed by atoms with Crippen molar-refractivity contribution in [1.82, 2.24) is 0 Å². The molecule has 5 atom stereocenters. The van der Waals surface area contributed by atoms with Crippen LogP contribution in [0, 0.1) is 23.7 Å². The van der Waals surface area contributed by atoms with Gasteiger partial charge in [-0.3, -0.25) is 9.59 Å². The van der Waals surface area contributed by atoms with Gasteiger partial charge >= 0.3 is 11.9 Å². The van der Waals surface area contributed by atoms with Crippen molar-refractivity contribution in [3.05, 3.63) is 12.2 Å². The SMILES string of the molecule is CCCC(C)OC(=O)C1C(C)C=CC(C)C1C(=O)O. The molecule has 1 rings (SSSR count). The van der Waals surface area contributed by atoms with Gasteiger partial charge in [0.2, 0.25) is 0 Å². The highest BCUT2D eigenvalue weighted by atomic mass is 16.5. The summed E-state index contributed by atoms with van der Waals surface area (Å²) in [4.78, 5) is 23.6. The first-order chi connectivity index (χ1) is 8.88. The zero-order valence-corrected chi connectivity index (χ0v) is 12.1. The fourth-order valence-corrected chi connectivity index (χ4v) is 2.73. The van der Waals surface area contributed by atoms with Crippen LogP contribution < -0.4 is 0 Å². The van der Waals surface area contributed by atoms with Crippen molar-refractivity contribution < 1.29 is 19.4 Å². The molecular weight excluding hydrogens is 244 g/mol. The van der Waals surface area contributed by atoms with Crippen LogP contribution >= 0.6 is 0 Å². The number of carboxylic acids is 1. The second-order valence-corrected chi connectivity index (χ2v) is 5.53. The molecule has 5 unspecified atom stereocenters. The minimum Gasteiger partial charge on any atom is -0.481 e. The molecule has 0 spiro atoms. The fraction of sp³-hybridized carbons (Fsp3) is 0.733. The van der Waals surface area contributed by atoms with E-state index in [-0.39, 0.29) is 23.9 Å². The normalized spacial score (nSPS) is 31.8. The molecule has 0 amide bonds. The number of hydrogen-bond acceptors (Lipinski definition) is 3. The van der Waals surface area contributed by atoms with Gasteiger partial charge in [-0.2, -0.15) is 0 Å². The van der Waals surface area contributed by atoms with Crippen molar-refractivity contribution in [2.24, 2.45) is 23.7 Å². The van der Waals surface area contributed by atoms with E-state index in [2.05, 4.69) is 0 Å². The molecule has 1 aliphatic rings. The first kappa shape index (κ1) is 15.7. The lowest BCUT2D eigenvalue weighted by Crippen LogP contribution is -2.41. The summed E-state index contributed by atoms with van der Waals surface area (Å²) in [6.45, 7) is 7.58. The van der Waals surface area contributed by atoms with Crippen LogP contribution in [0.1, 0.15) is 40.5 Å². The van der Waals surface area contributed by atoms with E-state index in [0.717, 1.165) is 12.8 Å². The number of aliphatic carboxylic acids is 1. The molecule has 19 heavy (non-hydrogen) atoms. The smallest absolute Gasteiger partial charge is 0.310 e. The average molecular weight is 268 g/mol. The largest absolute Gasteiger partial charge is 0.481 e. The van der Waals surface area contributed by atoms with E-state index >= 15 is 0 Å². The molecule has 0 bridgehead atoms. The highest BCUT2D eigenvalue weighted by Gasteiger charge is 2.43. The minimum atomic E-state index is -0.922. The third kappa shape index (κ3) is 3.82. The molecule has 0 aromatic heterocycles. The van der Waals surface area contributed by atoms with Crippen molar-refractivity contribution in [2.45, 2.75) is 46.6 Å². The van der Waals surface area contributed by atoms with Gasteiger partial charge in [0.15, 0.2) is 0 Å². The van der Waals surface area contributed by atoms with Crippen LogP contribution in [-0.2, 0) is 14.3 Å². The Bertz CT molecular complexity index is 361. The zero-order valence-electron chi connectivity index (χ0n) is 12.1. The Morgan fingerprint density at radius 2 is 1.74 bits per heavy atom. The van der Waals surface area contributed by atoms with Crippen molar-refractivity contribution in [3.8, 4) is 0 Å². The maximum atomic E-state index is 12.2. The van der Waals surface area contributed by atoms with Gasteiger partial charge in [-0.25, -0.2) is 0 Å². The molecule has 0 fully saturated rings. The standard InChI is InChI=1S/C15H24O4/c1-5-6-11(4)19-15(18)13-10(3)8-7-9(2)12(13)14(16)17/h7-13H,5-6H2,1-4H3,(H,16,17). The number of carbonyl (C=O) groups is 2. The summed E-state index contributed by atoms with van der Waals surface area (Å²) in [7, 11) is 0. The van der Waals surface area contributed by atoms with E-state index in [0.29, 0.717) is 0 Å². The molecule has 0 heterocycles. The van der Waals surface area contributed by atoms with E-state index in [9.17, 15) is 14.7 Å². The summed E-state index contributed by atoms with van der Waals surface area (Å²) in [5.74, 6) is -2.82. The molecular formula is C15H24O4. The lowest BCUT2D eigenvalue weighted by molar-refractivity contribution is -0.164. The minimum absolute atomic E-state index is 0.0985. The summed E-state index contributed by atoms with van der Waals surface area (Å²) < 4.78 is 5.39. The lowest BCUT2D eigenvalue weighted by atomic mass is 9.71. The van der Waals surface area contributed by atoms with Crippen LogP contribution in [0.25, 0.3) is 0 Å². The number of hydrogen-bond donors (Lipinski definition) is 1. The Labute approximate surface area is 114 Å². The van der Waals surface area contributed by atoms with Crippen LogP contribution in [0.5, 0.6) is 0 Å². The number of carboxylic acid groups (broad SMARTS) is 1. The predicted molar refractivity (Wildman–Crippen MR) is 72.5 cm³/mol. The lowest BCUT2D eigenvalue weighted by Gasteiger charge is -2.33. The molecule has 1 N–H and O–H groups in total. The molecule has 0 saturated carbocycles. The highest BCUT2D eigenvalue weighted by molar-refractivity contribution is 5.82. The van der Waals surface area contributed by atoms with Crippen LogP contribution in [0.2, 0.25) is 0 Å². The van der Waals surface area contributed by atoms with Crippen LogP contribution in [-0.4, -0.2) is 23.1 Å². The molecule has 0 saturated heterocycles. The Balaban J connectivity index is 2.84. The summed E-state index contributed by atoms with van der Waals surface area (Å²) in [6.07, 6.45) is 5.38. The van der Waals surface area contributed by atoms with E-state index in [4.69, 9.17) is 4.74 Å². The van der Waals surface area contributed by atoms with Gasteiger partial charge in [-0.05, 0) is 25.2 Å². The molecule has 0 aromatic carbocycles. The maximum Gasteiger partial charge on any atom is 0.310 e. The van der Waals surface area contributed by atoms with Crippen LogP contribution in [0.3, 0.4) is 0 Å². The Hall–Kier alpha value is -1.32. The molecule has 0 aliphatic heterocycles. The third-order valence-corrected chi connectivity index (χ3v) is 3.81. The molecule has 0 aromatic rings. The van der Waals surface area contributed by atoms with Gasteiger partial charge < -0.3 is 9.84 Å². The van der Waals surface area contributed by atoms with Crippen LogP contribution in [0.15, 0.2) is 12.2 Å². The number of rotatable bonds is 5. The fourth-order valence-electron chi connectivity index (χ4n) is 2.73. The van der Waals surface area contributed by atoms with Crippen molar-refractivity contribution in [2.75, 3.05) is 0 Å². The number of allylic oxidation sites excluding steroid dienone is 2. The van der Waals surface area contributed by atoms with Crippen molar-refractivity contribution in [3.63, 3.8) is 0 Å². The molecule has 0 radical (unpaired) electrons. The van der Waals surface area contributed by atoms with Gasteiger partial charge in [-0.15, -0.1) is 0 Å². The summed E-state index contributed by atoms with van der Waals surface area (Å²) in [5, 5.41) is 9.34. The Morgan fingerprint density at radius 3 is 2.21 bits per heavy atom. The summed E-state index contributed by atoms with van der Waals surface area (Å²) in [5.41, 5.74) is 0. The van der Waals surface area contributed by atoms with Crippen molar-refractivity contribution >= 4 is 11.9 Å². The third-order valence-electron chi connectivity index (χ3n) is 3.81. The highest BCUT2D eigenvalue weighted by Crippen LogP contribution is 2.35. The summed E-state index contributed by atoms with van der Waals surface area (Å²) in [6, 6.07) is 0. The molecule has 1 aliphatic carbocycles. The van der Waals surface area contributed by atoms with E-state index in [1.54, 1.807) is 0 Å². The molecule has 4 heteroatoms. The Kier molecular flexibility index (Phi) is 5.58. The first-order valence-corrected chi connectivity index (χ1v) is 7.00. The maximum absolute atomic E-state index is 12.2. The Morgan fingerprint density at radius 1 is 1.21 bits per heavy atom. The first-order valence-electron chi connectivity index (χ1n) is 7.00. The van der Waals surface area contributed by atoms with Crippen molar-refractivity contribution in [1.29, 1.82) is 0 Å². The van der Waals surface area contributed by atoms with E-state index in [1.165, 1.54) is 0 Å². The number of esters is 1. The zero-order chi connectivity index (χ0) is 14.6. The van der Waals surface area contributed by atoms with E-state index < -0.39 is 17.8 Å². The van der Waals surface area contributed by atoms with Gasteiger partial charge in [-0.1, -0.05) is 39.3 Å². The predicted octanol–water partition coefficient (Wildman–Crippen LogP) is 2.88. The van der Waals surface area contributed by atoms with Crippen LogP contribution in [0.4, 0.5) is 0 Å². The topological polar surface area (TPSA) is 63.6 Å². The van der Waals surface area contributed by atoms with Gasteiger partial charge in [0, 0.05) is 0 Å². The number of ether oxygens (including phenoxy) is 1. The number of carbonyl (C=O) groups excluding carboxylic acids is 1. The monoisotopic (exact) mass is 268 g/mol. The average Bonchev–Trinajstić information content (AvgIpc) is 2.31. The quantitative estimate of drug-likeness (QED) is 0.615. The second-order valence-electron chi connectivity index (χ2n) is 5.53. The van der Waals surface area contributed by atoms with Gasteiger partial charge in [0.25, 0.3) is 0 Å². The van der Waals surface area contributed by atoms with E-state index in [1.807, 2.05) is 39.8 Å². The van der Waals surface area contributed by atoms with Gasteiger partial charge in [0.05, 0.1) is 17.9 Å². The summed E-state index contributed by atoms with van der Waals surface area (Å²) >= 11 is 0. The van der Waals surface area contributed by atoms with Gasteiger partial charge in [0.1, 0.15) is 0 Å².